The minimum Gasteiger partial charge on any atom is -0.481 e. The Morgan fingerprint density at radius 2 is 1.83 bits per heavy atom. The lowest BCUT2D eigenvalue weighted by Gasteiger charge is -2.46. The van der Waals surface area contributed by atoms with E-state index >= 15 is 0 Å². The number of carboxylic acid groups (broad SMARTS) is 1. The molecule has 188 valence electrons. The van der Waals surface area contributed by atoms with Gasteiger partial charge in [0.05, 0.1) is 5.92 Å². The van der Waals surface area contributed by atoms with Crippen molar-refractivity contribution in [1.29, 1.82) is 0 Å². The first-order chi connectivity index (χ1) is 17.3. The molecule has 1 saturated heterocycles. The van der Waals surface area contributed by atoms with Crippen LogP contribution in [0.3, 0.4) is 0 Å². The maximum atomic E-state index is 13.5. The molecule has 0 bridgehead atoms. The van der Waals surface area contributed by atoms with Gasteiger partial charge in [0.15, 0.2) is 6.10 Å². The van der Waals surface area contributed by atoms with Crippen LogP contribution in [0.5, 0.6) is 5.75 Å². The summed E-state index contributed by atoms with van der Waals surface area (Å²) in [5.41, 5.74) is 2.71. The number of fused-ring (bicyclic) bond motifs is 1. The van der Waals surface area contributed by atoms with Crippen LogP contribution < -0.4 is 10.4 Å². The van der Waals surface area contributed by atoms with Gasteiger partial charge in [0, 0.05) is 35.7 Å². The van der Waals surface area contributed by atoms with Crippen molar-refractivity contribution in [3.8, 4) is 16.9 Å². The number of benzene rings is 2. The highest BCUT2D eigenvalue weighted by molar-refractivity contribution is 5.94. The number of hydrogen-bond donors (Lipinski definition) is 1. The molecule has 7 nitrogen and oxygen atoms in total. The molecule has 7 heteroatoms. The molecule has 1 aliphatic carbocycles. The van der Waals surface area contributed by atoms with Gasteiger partial charge in [-0.15, -0.1) is 0 Å². The van der Waals surface area contributed by atoms with Gasteiger partial charge < -0.3 is 19.2 Å². The molecule has 0 spiro atoms. The fourth-order valence-corrected chi connectivity index (χ4v) is 5.56. The molecule has 36 heavy (non-hydrogen) atoms. The van der Waals surface area contributed by atoms with Gasteiger partial charge in [-0.25, -0.2) is 4.79 Å². The van der Waals surface area contributed by atoms with Crippen LogP contribution in [0.25, 0.3) is 22.1 Å². The number of amides is 1. The third-order valence-electron chi connectivity index (χ3n) is 7.77. The van der Waals surface area contributed by atoms with Crippen molar-refractivity contribution in [1.82, 2.24) is 4.90 Å². The largest absolute Gasteiger partial charge is 0.481 e. The Kier molecular flexibility index (Phi) is 6.56. The van der Waals surface area contributed by atoms with Crippen molar-refractivity contribution < 1.29 is 23.8 Å². The monoisotopic (exact) mass is 489 g/mol. The number of rotatable bonds is 6. The van der Waals surface area contributed by atoms with Crippen molar-refractivity contribution >= 4 is 22.8 Å². The van der Waals surface area contributed by atoms with Gasteiger partial charge in [-0.3, -0.25) is 9.59 Å². The standard InChI is InChI=1S/C29H31NO6/c1-17-6-3-4-9-22(17)24-15-27(31)36-26-14-21(11-12-23(24)26)35-18(2)28(32)30-16-20(29(33)34)10-13-25(30)19-7-5-8-19/h3-4,6,9,11-12,14-15,18-20,25H,5,7-8,10,13,16H2,1-2H3,(H,33,34)/t18?,20-,25?/m0/s1. The second kappa shape index (κ2) is 9.80. The molecule has 0 radical (unpaired) electrons. The number of carboxylic acids is 1. The summed E-state index contributed by atoms with van der Waals surface area (Å²) in [4.78, 5) is 39.2. The Hall–Kier alpha value is -3.61. The van der Waals surface area contributed by atoms with Gasteiger partial charge in [0.1, 0.15) is 11.3 Å². The summed E-state index contributed by atoms with van der Waals surface area (Å²) in [6.45, 7) is 3.90. The van der Waals surface area contributed by atoms with Crippen LogP contribution in [0.15, 0.2) is 57.7 Å². The molecule has 1 aliphatic heterocycles. The molecule has 3 aromatic rings. The van der Waals surface area contributed by atoms with E-state index in [0.717, 1.165) is 41.3 Å². The summed E-state index contributed by atoms with van der Waals surface area (Å²) < 4.78 is 11.5. The zero-order valence-electron chi connectivity index (χ0n) is 20.6. The molecule has 2 unspecified atom stereocenters. The number of aryl methyl sites for hydroxylation is 1. The van der Waals surface area contributed by atoms with Crippen molar-refractivity contribution in [2.24, 2.45) is 11.8 Å². The van der Waals surface area contributed by atoms with Crippen LogP contribution in [0.1, 0.15) is 44.6 Å². The summed E-state index contributed by atoms with van der Waals surface area (Å²) in [5, 5.41) is 10.3. The Labute approximate surface area is 209 Å². The van der Waals surface area contributed by atoms with Crippen molar-refractivity contribution in [2.45, 2.75) is 58.1 Å². The topological polar surface area (TPSA) is 97.0 Å². The van der Waals surface area contributed by atoms with Crippen LogP contribution >= 0.6 is 0 Å². The molecule has 2 fully saturated rings. The van der Waals surface area contributed by atoms with Gasteiger partial charge in [-0.2, -0.15) is 0 Å². The number of hydrogen-bond acceptors (Lipinski definition) is 5. The third-order valence-corrected chi connectivity index (χ3v) is 7.77. The third kappa shape index (κ3) is 4.62. The second-order valence-corrected chi connectivity index (χ2v) is 10.1. The summed E-state index contributed by atoms with van der Waals surface area (Å²) in [7, 11) is 0. The van der Waals surface area contributed by atoms with Crippen molar-refractivity contribution in [3.63, 3.8) is 0 Å². The van der Waals surface area contributed by atoms with E-state index in [2.05, 4.69) is 0 Å². The van der Waals surface area contributed by atoms with E-state index in [4.69, 9.17) is 9.15 Å². The van der Waals surface area contributed by atoms with Crippen molar-refractivity contribution in [3.05, 3.63) is 64.5 Å². The van der Waals surface area contributed by atoms with Crippen molar-refractivity contribution in [2.75, 3.05) is 6.54 Å². The number of carbonyl (C=O) groups is 2. The average Bonchev–Trinajstić information content (AvgIpc) is 2.82. The van der Waals surface area contributed by atoms with Crippen LogP contribution in [0.2, 0.25) is 0 Å². The SMILES string of the molecule is Cc1ccccc1-c1cc(=O)oc2cc(OC(C)C(=O)N3C[C@@H](C(=O)O)CCC3C3CCC3)ccc12. The van der Waals surface area contributed by atoms with E-state index in [9.17, 15) is 19.5 Å². The number of carbonyl (C=O) groups excluding carboxylic acids is 1. The van der Waals surface area contributed by atoms with Gasteiger partial charge >= 0.3 is 11.6 Å². The van der Waals surface area contributed by atoms with E-state index in [-0.39, 0.29) is 18.5 Å². The zero-order valence-corrected chi connectivity index (χ0v) is 20.6. The van der Waals surface area contributed by atoms with Gasteiger partial charge in [0.2, 0.25) is 0 Å². The molecule has 5 rings (SSSR count). The summed E-state index contributed by atoms with van der Waals surface area (Å²) in [6, 6.07) is 14.7. The smallest absolute Gasteiger partial charge is 0.336 e. The Bertz CT molecular complexity index is 1360. The predicted octanol–water partition coefficient (Wildman–Crippen LogP) is 5.03. The molecule has 3 atom stereocenters. The Morgan fingerprint density at radius 1 is 1.06 bits per heavy atom. The first-order valence-corrected chi connectivity index (χ1v) is 12.7. The molecule has 2 aliphatic rings. The maximum absolute atomic E-state index is 13.5. The molecule has 1 saturated carbocycles. The Balaban J connectivity index is 1.40. The maximum Gasteiger partial charge on any atom is 0.336 e. The van der Waals surface area contributed by atoms with Gasteiger partial charge in [-0.1, -0.05) is 30.7 Å². The lowest BCUT2D eigenvalue weighted by atomic mass is 9.74. The zero-order chi connectivity index (χ0) is 25.4. The highest BCUT2D eigenvalue weighted by Gasteiger charge is 2.41. The molecule has 1 amide bonds. The molecule has 2 aromatic carbocycles. The van der Waals surface area contributed by atoms with Gasteiger partial charge in [-0.05, 0) is 68.7 Å². The number of aliphatic carboxylic acids is 1. The minimum absolute atomic E-state index is 0.0687. The summed E-state index contributed by atoms with van der Waals surface area (Å²) in [6.07, 6.45) is 3.82. The normalized spacial score (nSPS) is 21.1. The van der Waals surface area contributed by atoms with E-state index in [1.807, 2.05) is 37.3 Å². The van der Waals surface area contributed by atoms with Crippen LogP contribution in [-0.2, 0) is 9.59 Å². The molecular formula is C29H31NO6. The van der Waals surface area contributed by atoms with E-state index in [1.165, 1.54) is 6.07 Å². The quantitative estimate of drug-likeness (QED) is 0.488. The average molecular weight is 490 g/mol. The number of nitrogens with zero attached hydrogens (tertiary/aromatic N) is 1. The predicted molar refractivity (Wildman–Crippen MR) is 136 cm³/mol. The second-order valence-electron chi connectivity index (χ2n) is 10.1. The fourth-order valence-electron chi connectivity index (χ4n) is 5.56. The first kappa shape index (κ1) is 24.1. The first-order valence-electron chi connectivity index (χ1n) is 12.7. The van der Waals surface area contributed by atoms with E-state index in [1.54, 1.807) is 24.0 Å². The molecule has 1 aromatic heterocycles. The molecular weight excluding hydrogens is 458 g/mol. The number of ether oxygens (including phenoxy) is 1. The minimum atomic E-state index is -0.859. The van der Waals surface area contributed by atoms with Crippen LogP contribution in [-0.4, -0.2) is 40.6 Å². The van der Waals surface area contributed by atoms with E-state index < -0.39 is 23.6 Å². The summed E-state index contributed by atoms with van der Waals surface area (Å²) in [5.74, 6) is -0.756. The number of likely N-dealkylation sites (tertiary alicyclic amines) is 1. The van der Waals surface area contributed by atoms with E-state index in [0.29, 0.717) is 30.1 Å². The fraction of sp³-hybridized carbons (Fsp3) is 0.414. The molecule has 1 N–H and O–H groups in total. The lowest BCUT2D eigenvalue weighted by Crippen LogP contribution is -2.55. The molecule has 2 heterocycles. The highest BCUT2D eigenvalue weighted by atomic mass is 16.5. The summed E-state index contributed by atoms with van der Waals surface area (Å²) >= 11 is 0. The van der Waals surface area contributed by atoms with Crippen LogP contribution in [0, 0.1) is 18.8 Å². The number of piperidine rings is 1. The van der Waals surface area contributed by atoms with Gasteiger partial charge in [0.25, 0.3) is 5.91 Å². The Morgan fingerprint density at radius 3 is 2.53 bits per heavy atom. The highest BCUT2D eigenvalue weighted by Crippen LogP contribution is 2.38. The lowest BCUT2D eigenvalue weighted by molar-refractivity contribution is -0.152. The van der Waals surface area contributed by atoms with Crippen LogP contribution in [0.4, 0.5) is 0 Å².